The van der Waals surface area contributed by atoms with Gasteiger partial charge >= 0.3 is 6.03 Å². The molecule has 0 aromatic heterocycles. The highest BCUT2D eigenvalue weighted by Crippen LogP contribution is 2.24. The molecule has 24 heavy (non-hydrogen) atoms. The molecule has 1 unspecified atom stereocenters. The Morgan fingerprint density at radius 2 is 2.08 bits per heavy atom. The van der Waals surface area contributed by atoms with Crippen LogP contribution in [0.4, 0.5) is 4.79 Å². The monoisotopic (exact) mass is 410 g/mol. The lowest BCUT2D eigenvalue weighted by Crippen LogP contribution is -2.38. The molecule has 1 N–H and O–H groups in total. The topological polar surface area (TPSA) is 41.6 Å². The standard InChI is InChI=1S/C18H20BrClN2O2/c1-12(13-5-4-6-16(20)10-13)22(2)18(23)21-11-14-9-15(19)7-8-17(14)24-3/h4-10,12H,11H2,1-3H3,(H,21,23). The molecule has 4 nitrogen and oxygen atoms in total. The van der Waals surface area contributed by atoms with Gasteiger partial charge in [-0.1, -0.05) is 39.7 Å². The number of hydrogen-bond donors (Lipinski definition) is 1. The van der Waals surface area contributed by atoms with E-state index >= 15 is 0 Å². The van der Waals surface area contributed by atoms with Crippen molar-refractivity contribution in [2.45, 2.75) is 19.5 Å². The van der Waals surface area contributed by atoms with E-state index in [2.05, 4.69) is 21.2 Å². The minimum atomic E-state index is -0.162. The SMILES string of the molecule is COc1ccc(Br)cc1CNC(=O)N(C)C(C)c1cccc(Cl)c1. The summed E-state index contributed by atoms with van der Waals surface area (Å²) in [7, 11) is 3.38. The number of nitrogens with zero attached hydrogens (tertiary/aromatic N) is 1. The molecule has 2 aromatic carbocycles. The van der Waals surface area contributed by atoms with E-state index in [1.165, 1.54) is 0 Å². The lowest BCUT2D eigenvalue weighted by Gasteiger charge is -2.26. The van der Waals surface area contributed by atoms with E-state index in [0.29, 0.717) is 11.6 Å². The zero-order chi connectivity index (χ0) is 17.7. The van der Waals surface area contributed by atoms with Gasteiger partial charge in [0.25, 0.3) is 0 Å². The summed E-state index contributed by atoms with van der Waals surface area (Å²) in [6.45, 7) is 2.35. The molecular formula is C18H20BrClN2O2. The highest BCUT2D eigenvalue weighted by atomic mass is 79.9. The maximum atomic E-state index is 12.4. The smallest absolute Gasteiger partial charge is 0.317 e. The molecule has 0 aliphatic rings. The van der Waals surface area contributed by atoms with Crippen LogP contribution in [-0.2, 0) is 6.54 Å². The average Bonchev–Trinajstić information content (AvgIpc) is 2.58. The molecule has 1 atom stereocenters. The summed E-state index contributed by atoms with van der Waals surface area (Å²) >= 11 is 9.46. The largest absolute Gasteiger partial charge is 0.496 e. The van der Waals surface area contributed by atoms with Crippen LogP contribution < -0.4 is 10.1 Å². The van der Waals surface area contributed by atoms with Crippen LogP contribution >= 0.6 is 27.5 Å². The van der Waals surface area contributed by atoms with E-state index in [4.69, 9.17) is 16.3 Å². The first-order chi connectivity index (χ1) is 11.4. The number of hydrogen-bond acceptors (Lipinski definition) is 2. The van der Waals surface area contributed by atoms with Crippen molar-refractivity contribution >= 4 is 33.6 Å². The second-order valence-electron chi connectivity index (χ2n) is 5.46. The summed E-state index contributed by atoms with van der Waals surface area (Å²) in [6, 6.07) is 13.0. The Morgan fingerprint density at radius 1 is 1.33 bits per heavy atom. The number of halogens is 2. The molecule has 0 aliphatic heterocycles. The first-order valence-corrected chi connectivity index (χ1v) is 8.68. The second kappa shape index (κ2) is 8.40. The van der Waals surface area contributed by atoms with Crippen LogP contribution in [0.25, 0.3) is 0 Å². The Kier molecular flexibility index (Phi) is 6.52. The van der Waals surface area contributed by atoms with Gasteiger partial charge in [0.05, 0.1) is 13.2 Å². The van der Waals surface area contributed by atoms with Crippen molar-refractivity contribution in [1.29, 1.82) is 0 Å². The Balaban J connectivity index is 2.03. The van der Waals surface area contributed by atoms with Gasteiger partial charge in [0.2, 0.25) is 0 Å². The maximum Gasteiger partial charge on any atom is 0.317 e. The molecule has 0 saturated carbocycles. The number of carbonyl (C=O) groups excluding carboxylic acids is 1. The van der Waals surface area contributed by atoms with E-state index in [1.807, 2.05) is 49.4 Å². The number of amides is 2. The van der Waals surface area contributed by atoms with Crippen molar-refractivity contribution < 1.29 is 9.53 Å². The number of ether oxygens (including phenoxy) is 1. The van der Waals surface area contributed by atoms with Gasteiger partial charge in [-0.05, 0) is 42.8 Å². The normalized spacial score (nSPS) is 11.7. The van der Waals surface area contributed by atoms with Crippen LogP contribution in [0.5, 0.6) is 5.75 Å². The fourth-order valence-electron chi connectivity index (χ4n) is 2.35. The van der Waals surface area contributed by atoms with Gasteiger partial charge in [0.1, 0.15) is 5.75 Å². The predicted octanol–water partition coefficient (Wildman–Crippen LogP) is 5.01. The number of urea groups is 1. The molecule has 0 heterocycles. The number of methoxy groups -OCH3 is 1. The average molecular weight is 412 g/mol. The zero-order valence-corrected chi connectivity index (χ0v) is 16.2. The van der Waals surface area contributed by atoms with E-state index in [-0.39, 0.29) is 12.1 Å². The third kappa shape index (κ3) is 4.65. The molecule has 0 bridgehead atoms. The van der Waals surface area contributed by atoms with Crippen molar-refractivity contribution in [2.75, 3.05) is 14.2 Å². The van der Waals surface area contributed by atoms with Crippen LogP contribution in [-0.4, -0.2) is 25.1 Å². The van der Waals surface area contributed by atoms with E-state index in [1.54, 1.807) is 19.1 Å². The lowest BCUT2D eigenvalue weighted by atomic mass is 10.1. The Labute approximate surface area is 155 Å². The summed E-state index contributed by atoms with van der Waals surface area (Å²) in [6.07, 6.45) is 0. The van der Waals surface area contributed by atoms with Gasteiger partial charge in [-0.2, -0.15) is 0 Å². The maximum absolute atomic E-state index is 12.4. The Hall–Kier alpha value is -1.72. The molecule has 2 amide bonds. The van der Waals surface area contributed by atoms with Crippen LogP contribution in [0.3, 0.4) is 0 Å². The first kappa shape index (κ1) is 18.6. The molecule has 2 aromatic rings. The molecule has 0 radical (unpaired) electrons. The summed E-state index contributed by atoms with van der Waals surface area (Å²) in [5.74, 6) is 0.740. The third-order valence-corrected chi connectivity index (χ3v) is 4.63. The molecule has 128 valence electrons. The summed E-state index contributed by atoms with van der Waals surface area (Å²) < 4.78 is 6.26. The first-order valence-electron chi connectivity index (χ1n) is 7.51. The van der Waals surface area contributed by atoms with E-state index in [0.717, 1.165) is 21.3 Å². The van der Waals surface area contributed by atoms with Crippen LogP contribution in [0.15, 0.2) is 46.9 Å². The van der Waals surface area contributed by atoms with Crippen molar-refractivity contribution in [2.24, 2.45) is 0 Å². The molecule has 0 saturated heterocycles. The fourth-order valence-corrected chi connectivity index (χ4v) is 2.95. The molecular weight excluding hydrogens is 392 g/mol. The predicted molar refractivity (Wildman–Crippen MR) is 101 cm³/mol. The fraction of sp³-hybridized carbons (Fsp3) is 0.278. The second-order valence-corrected chi connectivity index (χ2v) is 6.81. The molecule has 6 heteroatoms. The zero-order valence-electron chi connectivity index (χ0n) is 13.8. The van der Waals surface area contributed by atoms with E-state index < -0.39 is 0 Å². The third-order valence-electron chi connectivity index (χ3n) is 3.90. The minimum Gasteiger partial charge on any atom is -0.496 e. The number of benzene rings is 2. The quantitative estimate of drug-likeness (QED) is 0.751. The molecule has 2 rings (SSSR count). The van der Waals surface area contributed by atoms with E-state index in [9.17, 15) is 4.79 Å². The van der Waals surface area contributed by atoms with Crippen LogP contribution in [0.1, 0.15) is 24.1 Å². The van der Waals surface area contributed by atoms with Crippen molar-refractivity contribution in [3.05, 3.63) is 63.1 Å². The van der Waals surface area contributed by atoms with Gasteiger partial charge in [0, 0.05) is 28.7 Å². The molecule has 0 spiro atoms. The highest BCUT2D eigenvalue weighted by Gasteiger charge is 2.17. The van der Waals surface area contributed by atoms with Crippen LogP contribution in [0.2, 0.25) is 5.02 Å². The summed E-state index contributed by atoms with van der Waals surface area (Å²) in [5, 5.41) is 3.58. The number of rotatable bonds is 5. The number of nitrogens with one attached hydrogen (secondary N) is 1. The molecule has 0 fully saturated rings. The lowest BCUT2D eigenvalue weighted by molar-refractivity contribution is 0.194. The van der Waals surface area contributed by atoms with Gasteiger partial charge in [-0.3, -0.25) is 0 Å². The number of carbonyl (C=O) groups is 1. The Morgan fingerprint density at radius 3 is 2.75 bits per heavy atom. The molecule has 0 aliphatic carbocycles. The Bertz CT molecular complexity index is 724. The van der Waals surface area contributed by atoms with Gasteiger partial charge in [-0.25, -0.2) is 4.79 Å². The van der Waals surface area contributed by atoms with Crippen LogP contribution in [0, 0.1) is 0 Å². The van der Waals surface area contributed by atoms with Gasteiger partial charge < -0.3 is 15.0 Å². The highest BCUT2D eigenvalue weighted by molar-refractivity contribution is 9.10. The minimum absolute atomic E-state index is 0.0897. The van der Waals surface area contributed by atoms with Crippen molar-refractivity contribution in [3.8, 4) is 5.75 Å². The van der Waals surface area contributed by atoms with Crippen molar-refractivity contribution in [1.82, 2.24) is 10.2 Å². The van der Waals surface area contributed by atoms with Gasteiger partial charge in [-0.15, -0.1) is 0 Å². The van der Waals surface area contributed by atoms with Gasteiger partial charge in [0.15, 0.2) is 0 Å². The summed E-state index contributed by atoms with van der Waals surface area (Å²) in [5.41, 5.74) is 1.89. The van der Waals surface area contributed by atoms with Crippen molar-refractivity contribution in [3.63, 3.8) is 0 Å². The summed E-state index contributed by atoms with van der Waals surface area (Å²) in [4.78, 5) is 14.1.